The van der Waals surface area contributed by atoms with Crippen LogP contribution in [0.4, 0.5) is 0 Å². The summed E-state index contributed by atoms with van der Waals surface area (Å²) in [4.78, 5) is 23.5. The Bertz CT molecular complexity index is 700. The maximum Gasteiger partial charge on any atom is 0.211 e. The molecule has 2 rings (SSSR count). The Morgan fingerprint density at radius 1 is 1.21 bits per heavy atom. The Morgan fingerprint density at radius 3 is 2.38 bits per heavy atom. The molecule has 126 valence electrons. The van der Waals surface area contributed by atoms with Crippen LogP contribution >= 0.6 is 11.8 Å². The van der Waals surface area contributed by atoms with Gasteiger partial charge in [0.1, 0.15) is 11.5 Å². The highest BCUT2D eigenvalue weighted by atomic mass is 32.2. The smallest absolute Gasteiger partial charge is 0.211 e. The number of methoxy groups -OCH3 is 1. The van der Waals surface area contributed by atoms with Crippen LogP contribution in [0.2, 0.25) is 0 Å². The van der Waals surface area contributed by atoms with Crippen molar-refractivity contribution in [2.45, 2.75) is 17.2 Å². The van der Waals surface area contributed by atoms with Crippen molar-refractivity contribution in [3.8, 4) is 11.5 Å². The molecule has 0 heterocycles. The summed E-state index contributed by atoms with van der Waals surface area (Å²) in [6.07, 6.45) is 0.0441. The molecule has 0 aromatic heterocycles. The van der Waals surface area contributed by atoms with E-state index < -0.39 is 10.8 Å². The van der Waals surface area contributed by atoms with Crippen LogP contribution in [-0.2, 0) is 4.79 Å². The van der Waals surface area contributed by atoms with Crippen molar-refractivity contribution in [1.82, 2.24) is 0 Å². The molecule has 0 aliphatic heterocycles. The highest BCUT2D eigenvalue weighted by Gasteiger charge is 2.22. The molecule has 0 aliphatic carbocycles. The summed E-state index contributed by atoms with van der Waals surface area (Å²) in [7, 11) is 1.56. The Balaban J connectivity index is 2.05. The van der Waals surface area contributed by atoms with Crippen LogP contribution in [0.3, 0.4) is 0 Å². The maximum atomic E-state index is 12.3. The zero-order valence-corrected chi connectivity index (χ0v) is 13.9. The number of rotatable bonds is 7. The lowest BCUT2D eigenvalue weighted by Gasteiger charge is -2.12. The molecule has 2 aromatic carbocycles. The van der Waals surface area contributed by atoms with E-state index in [2.05, 4.69) is 0 Å². The molecule has 0 saturated carbocycles. The predicted octanol–water partition coefficient (Wildman–Crippen LogP) is 3.47. The van der Waals surface area contributed by atoms with E-state index in [1.165, 1.54) is 12.1 Å². The Kier molecular flexibility index (Phi) is 6.20. The predicted molar refractivity (Wildman–Crippen MR) is 91.2 cm³/mol. The first-order valence-electron chi connectivity index (χ1n) is 7.23. The summed E-state index contributed by atoms with van der Waals surface area (Å²) >= 11 is 1.05. The zero-order chi connectivity index (χ0) is 17.5. The first-order chi connectivity index (χ1) is 11.5. The van der Waals surface area contributed by atoms with E-state index in [0.29, 0.717) is 11.3 Å². The van der Waals surface area contributed by atoms with Gasteiger partial charge in [-0.1, -0.05) is 23.9 Å². The summed E-state index contributed by atoms with van der Waals surface area (Å²) in [6, 6.07) is 13.2. The first-order valence-corrected chi connectivity index (χ1v) is 8.05. The fraction of sp³-hybridized carbons (Fsp3) is 0.235. The molecular weight excluding hydrogens is 330 g/mol. The lowest BCUT2D eigenvalue weighted by atomic mass is 9.96. The topological polar surface area (TPSA) is 89.7 Å². The molecule has 0 radical (unpaired) electrons. The second-order valence-electron chi connectivity index (χ2n) is 5.16. The van der Waals surface area contributed by atoms with Crippen molar-refractivity contribution in [2.75, 3.05) is 13.7 Å². The number of carbonyl (C=O) groups is 1. The van der Waals surface area contributed by atoms with Crippen LogP contribution in [0.1, 0.15) is 17.9 Å². The van der Waals surface area contributed by atoms with Crippen molar-refractivity contribution in [3.05, 3.63) is 64.2 Å². The number of aromatic hydroxyl groups is 1. The molecular formula is C17H17NO5S. The van der Waals surface area contributed by atoms with Crippen LogP contribution in [0, 0.1) is 10.1 Å². The van der Waals surface area contributed by atoms with E-state index in [1.54, 1.807) is 43.5 Å². The van der Waals surface area contributed by atoms with Crippen LogP contribution < -0.4 is 4.74 Å². The average molecular weight is 347 g/mol. The van der Waals surface area contributed by atoms with Crippen molar-refractivity contribution in [2.24, 2.45) is 0 Å². The lowest BCUT2D eigenvalue weighted by molar-refractivity contribution is -0.483. The highest BCUT2D eigenvalue weighted by Crippen LogP contribution is 2.28. The second kappa shape index (κ2) is 8.35. The standard InChI is InChI=1S/C17H17NO5S/c1-23-15-6-8-16(9-7-15)24-17(20)10-13(11-18(21)22)12-2-4-14(19)5-3-12/h2-9,13,19H,10-11H2,1H3/t13-/m0/s1. The summed E-state index contributed by atoms with van der Waals surface area (Å²) < 4.78 is 5.06. The summed E-state index contributed by atoms with van der Waals surface area (Å²) in [5.41, 5.74) is 0.660. The van der Waals surface area contributed by atoms with E-state index in [0.717, 1.165) is 16.7 Å². The minimum absolute atomic E-state index is 0.0441. The molecule has 0 unspecified atom stereocenters. The molecule has 0 fully saturated rings. The molecule has 1 atom stereocenters. The number of phenolic OH excluding ortho intramolecular Hbond substituents is 1. The number of thioether (sulfide) groups is 1. The summed E-state index contributed by atoms with van der Waals surface area (Å²) in [5.74, 6) is 0.249. The van der Waals surface area contributed by atoms with Gasteiger partial charge < -0.3 is 9.84 Å². The minimum atomic E-state index is -0.529. The van der Waals surface area contributed by atoms with Crippen molar-refractivity contribution < 1.29 is 19.6 Å². The van der Waals surface area contributed by atoms with Crippen LogP contribution in [0.25, 0.3) is 0 Å². The average Bonchev–Trinajstić information content (AvgIpc) is 2.55. The Morgan fingerprint density at radius 2 is 1.83 bits per heavy atom. The summed E-state index contributed by atoms with van der Waals surface area (Å²) in [6.45, 7) is -0.334. The van der Waals surface area contributed by atoms with E-state index in [1.807, 2.05) is 0 Å². The Hall–Kier alpha value is -2.54. The largest absolute Gasteiger partial charge is 0.508 e. The zero-order valence-electron chi connectivity index (χ0n) is 13.0. The van der Waals surface area contributed by atoms with Gasteiger partial charge in [0.15, 0.2) is 5.12 Å². The molecule has 0 saturated heterocycles. The molecule has 24 heavy (non-hydrogen) atoms. The third-order valence-corrected chi connectivity index (χ3v) is 4.34. The molecule has 0 spiro atoms. The van der Waals surface area contributed by atoms with Gasteiger partial charge in [-0.15, -0.1) is 0 Å². The number of hydrogen-bond acceptors (Lipinski definition) is 6. The van der Waals surface area contributed by atoms with Crippen molar-refractivity contribution in [1.29, 1.82) is 0 Å². The van der Waals surface area contributed by atoms with Crippen LogP contribution in [0.15, 0.2) is 53.4 Å². The van der Waals surface area contributed by atoms with Crippen LogP contribution in [0.5, 0.6) is 11.5 Å². The van der Waals surface area contributed by atoms with Crippen molar-refractivity contribution >= 4 is 16.9 Å². The van der Waals surface area contributed by atoms with Gasteiger partial charge in [-0.25, -0.2) is 0 Å². The third kappa shape index (κ3) is 5.27. The molecule has 0 aliphatic rings. The van der Waals surface area contributed by atoms with Gasteiger partial charge in [0, 0.05) is 16.2 Å². The van der Waals surface area contributed by atoms with Gasteiger partial charge in [0.05, 0.1) is 13.0 Å². The number of benzene rings is 2. The summed E-state index contributed by atoms with van der Waals surface area (Å²) in [5, 5.41) is 20.1. The number of hydrogen-bond donors (Lipinski definition) is 1. The normalized spacial score (nSPS) is 11.7. The first kappa shape index (κ1) is 17.8. The maximum absolute atomic E-state index is 12.3. The third-order valence-electron chi connectivity index (χ3n) is 3.44. The lowest BCUT2D eigenvalue weighted by Crippen LogP contribution is -2.15. The van der Waals surface area contributed by atoms with Crippen molar-refractivity contribution in [3.63, 3.8) is 0 Å². The number of nitro groups is 1. The van der Waals surface area contributed by atoms with E-state index >= 15 is 0 Å². The van der Waals surface area contributed by atoms with Gasteiger partial charge >= 0.3 is 0 Å². The molecule has 6 nitrogen and oxygen atoms in total. The number of carbonyl (C=O) groups excluding carboxylic acids is 1. The van der Waals surface area contributed by atoms with Gasteiger partial charge in [-0.05, 0) is 42.0 Å². The molecule has 2 aromatic rings. The molecule has 1 N–H and O–H groups in total. The van der Waals surface area contributed by atoms with Gasteiger partial charge in [-0.3, -0.25) is 14.9 Å². The number of phenols is 1. The van der Waals surface area contributed by atoms with Gasteiger partial charge in [0.2, 0.25) is 6.54 Å². The fourth-order valence-corrected chi connectivity index (χ4v) is 3.05. The van der Waals surface area contributed by atoms with Gasteiger partial charge in [0.25, 0.3) is 0 Å². The fourth-order valence-electron chi connectivity index (χ4n) is 2.23. The monoisotopic (exact) mass is 347 g/mol. The van der Waals surface area contributed by atoms with Gasteiger partial charge in [-0.2, -0.15) is 0 Å². The van der Waals surface area contributed by atoms with Crippen LogP contribution in [-0.4, -0.2) is 28.8 Å². The number of nitrogens with zero attached hydrogens (tertiary/aromatic N) is 1. The van der Waals surface area contributed by atoms with E-state index in [-0.39, 0.29) is 23.8 Å². The minimum Gasteiger partial charge on any atom is -0.508 e. The van der Waals surface area contributed by atoms with E-state index in [9.17, 15) is 20.0 Å². The number of ether oxygens (including phenoxy) is 1. The SMILES string of the molecule is COc1ccc(SC(=O)C[C@@H](C[N+](=O)[O-])c2ccc(O)cc2)cc1. The second-order valence-corrected chi connectivity index (χ2v) is 6.29. The molecule has 7 heteroatoms. The highest BCUT2D eigenvalue weighted by molar-refractivity contribution is 8.13. The van der Waals surface area contributed by atoms with E-state index in [4.69, 9.17) is 4.74 Å². The Labute approximate surface area is 143 Å². The molecule has 0 bridgehead atoms. The quantitative estimate of drug-likeness (QED) is 0.468. The molecule has 0 amide bonds.